The molecule has 0 amide bonds. The molecule has 0 fully saturated rings. The molecule has 0 aliphatic rings. The maximum atomic E-state index is 11.2. The summed E-state index contributed by atoms with van der Waals surface area (Å²) in [5.74, 6) is -0.436. The molecule has 4 heteroatoms. The van der Waals surface area contributed by atoms with Crippen LogP contribution in [0.2, 0.25) is 0 Å². The lowest BCUT2D eigenvalue weighted by Crippen LogP contribution is -1.98. The Morgan fingerprint density at radius 1 is 1.30 bits per heavy atom. The molecular formula is C16H14O4. The van der Waals surface area contributed by atoms with Crippen molar-refractivity contribution in [2.45, 2.75) is 6.92 Å². The van der Waals surface area contributed by atoms with E-state index in [2.05, 4.69) is 0 Å². The number of rotatable bonds is 4. The minimum Gasteiger partial charge on any atom is -0.507 e. The molecule has 2 rings (SSSR count). The van der Waals surface area contributed by atoms with Gasteiger partial charge in [0.25, 0.3) is 0 Å². The number of esters is 1. The van der Waals surface area contributed by atoms with Gasteiger partial charge < -0.3 is 9.84 Å². The number of aldehydes is 1. The molecule has 2 aromatic carbocycles. The van der Waals surface area contributed by atoms with Crippen molar-refractivity contribution in [1.82, 2.24) is 0 Å². The summed E-state index contributed by atoms with van der Waals surface area (Å²) in [7, 11) is 0. The molecule has 102 valence electrons. The van der Waals surface area contributed by atoms with Crippen molar-refractivity contribution in [2.24, 2.45) is 0 Å². The fourth-order valence-electron chi connectivity index (χ4n) is 1.94. The maximum Gasteiger partial charge on any atom is 0.330 e. The quantitative estimate of drug-likeness (QED) is 0.527. The summed E-state index contributed by atoms with van der Waals surface area (Å²) in [5, 5.41) is 11.1. The van der Waals surface area contributed by atoms with Crippen LogP contribution >= 0.6 is 0 Å². The van der Waals surface area contributed by atoms with Crippen LogP contribution in [0.15, 0.2) is 36.4 Å². The van der Waals surface area contributed by atoms with Crippen LogP contribution in [-0.4, -0.2) is 24.0 Å². The van der Waals surface area contributed by atoms with E-state index in [-0.39, 0.29) is 11.3 Å². The van der Waals surface area contributed by atoms with Gasteiger partial charge >= 0.3 is 5.97 Å². The van der Waals surface area contributed by atoms with Crippen molar-refractivity contribution >= 4 is 29.1 Å². The zero-order valence-corrected chi connectivity index (χ0v) is 11.0. The second-order valence-electron chi connectivity index (χ2n) is 4.18. The predicted molar refractivity (Wildman–Crippen MR) is 76.7 cm³/mol. The molecule has 0 unspecified atom stereocenters. The third kappa shape index (κ3) is 2.85. The van der Waals surface area contributed by atoms with E-state index in [0.29, 0.717) is 18.3 Å². The van der Waals surface area contributed by atoms with Crippen LogP contribution in [0.5, 0.6) is 5.75 Å². The van der Waals surface area contributed by atoms with Gasteiger partial charge in [0.2, 0.25) is 0 Å². The molecule has 2 aromatic rings. The summed E-state index contributed by atoms with van der Waals surface area (Å²) < 4.78 is 4.80. The number of fused-ring (bicyclic) bond motifs is 1. The lowest BCUT2D eigenvalue weighted by atomic mass is 10.0. The molecule has 0 radical (unpaired) electrons. The molecule has 0 saturated carbocycles. The van der Waals surface area contributed by atoms with Gasteiger partial charge in [-0.05, 0) is 41.5 Å². The van der Waals surface area contributed by atoms with E-state index in [1.807, 2.05) is 6.07 Å². The first-order chi connectivity index (χ1) is 9.65. The third-order valence-electron chi connectivity index (χ3n) is 2.88. The van der Waals surface area contributed by atoms with Gasteiger partial charge in [-0.3, -0.25) is 4.79 Å². The van der Waals surface area contributed by atoms with Crippen LogP contribution in [0.1, 0.15) is 22.8 Å². The average Bonchev–Trinajstić information content (AvgIpc) is 2.45. The highest BCUT2D eigenvalue weighted by molar-refractivity contribution is 6.01. The van der Waals surface area contributed by atoms with Crippen molar-refractivity contribution in [2.75, 3.05) is 6.61 Å². The zero-order chi connectivity index (χ0) is 14.5. The topological polar surface area (TPSA) is 63.6 Å². The molecule has 0 heterocycles. The smallest absolute Gasteiger partial charge is 0.330 e. The largest absolute Gasteiger partial charge is 0.507 e. The van der Waals surface area contributed by atoms with Crippen LogP contribution in [0, 0.1) is 0 Å². The van der Waals surface area contributed by atoms with E-state index in [9.17, 15) is 14.7 Å². The second kappa shape index (κ2) is 6.02. The van der Waals surface area contributed by atoms with Gasteiger partial charge in [0.05, 0.1) is 12.2 Å². The number of ether oxygens (including phenoxy) is 1. The number of carbonyl (C=O) groups excluding carboxylic acids is 2. The van der Waals surface area contributed by atoms with Crippen molar-refractivity contribution in [1.29, 1.82) is 0 Å². The Labute approximate surface area is 116 Å². The van der Waals surface area contributed by atoms with Crippen LogP contribution in [0.3, 0.4) is 0 Å². The van der Waals surface area contributed by atoms with Crippen LogP contribution < -0.4 is 0 Å². The fourth-order valence-corrected chi connectivity index (χ4v) is 1.94. The molecule has 0 aromatic heterocycles. The van der Waals surface area contributed by atoms with Crippen molar-refractivity contribution in [3.63, 3.8) is 0 Å². The van der Waals surface area contributed by atoms with Gasteiger partial charge in [-0.15, -0.1) is 0 Å². The monoisotopic (exact) mass is 270 g/mol. The van der Waals surface area contributed by atoms with E-state index < -0.39 is 5.97 Å². The first-order valence-electron chi connectivity index (χ1n) is 6.21. The maximum absolute atomic E-state index is 11.2. The Bertz CT molecular complexity index is 686. The molecule has 0 saturated heterocycles. The highest BCUT2D eigenvalue weighted by Gasteiger charge is 2.06. The van der Waals surface area contributed by atoms with Gasteiger partial charge in [0.1, 0.15) is 5.75 Å². The Morgan fingerprint density at radius 2 is 2.10 bits per heavy atom. The summed E-state index contributed by atoms with van der Waals surface area (Å²) in [6.45, 7) is 2.08. The molecule has 1 N–H and O–H groups in total. The van der Waals surface area contributed by atoms with Gasteiger partial charge in [-0.25, -0.2) is 4.79 Å². The van der Waals surface area contributed by atoms with E-state index in [1.54, 1.807) is 31.2 Å². The molecular weight excluding hydrogens is 256 g/mol. The van der Waals surface area contributed by atoms with E-state index in [4.69, 9.17) is 4.74 Å². The Morgan fingerprint density at radius 3 is 2.80 bits per heavy atom. The number of carbonyl (C=O) groups is 2. The van der Waals surface area contributed by atoms with E-state index in [1.165, 1.54) is 12.1 Å². The molecule has 0 spiro atoms. The minimum absolute atomic E-state index is 0.0395. The molecule has 0 aliphatic heterocycles. The lowest BCUT2D eigenvalue weighted by Gasteiger charge is -2.04. The van der Waals surface area contributed by atoms with Crippen molar-refractivity contribution < 1.29 is 19.4 Å². The normalized spacial score (nSPS) is 10.8. The van der Waals surface area contributed by atoms with Gasteiger partial charge in [0.15, 0.2) is 6.29 Å². The van der Waals surface area contributed by atoms with Crippen molar-refractivity contribution in [3.05, 3.63) is 47.5 Å². The highest BCUT2D eigenvalue weighted by atomic mass is 16.5. The van der Waals surface area contributed by atoms with E-state index >= 15 is 0 Å². The summed E-state index contributed by atoms with van der Waals surface area (Å²) in [5.41, 5.74) is 1.08. The minimum atomic E-state index is -0.396. The summed E-state index contributed by atoms with van der Waals surface area (Å²) in [6.07, 6.45) is 3.63. The van der Waals surface area contributed by atoms with Crippen LogP contribution in [0.25, 0.3) is 16.8 Å². The Hall–Kier alpha value is -2.62. The molecule has 0 atom stereocenters. The molecule has 0 aliphatic carbocycles. The molecule has 0 bridgehead atoms. The third-order valence-corrected chi connectivity index (χ3v) is 2.88. The first-order valence-corrected chi connectivity index (χ1v) is 6.21. The molecule has 20 heavy (non-hydrogen) atoms. The second-order valence-corrected chi connectivity index (χ2v) is 4.18. The van der Waals surface area contributed by atoms with Gasteiger partial charge in [-0.1, -0.05) is 18.2 Å². The first kappa shape index (κ1) is 13.8. The fraction of sp³-hybridized carbons (Fsp3) is 0.125. The number of hydrogen-bond donors (Lipinski definition) is 1. The Balaban J connectivity index is 2.38. The number of phenols is 1. The predicted octanol–water partition coefficient (Wildman–Crippen LogP) is 2.93. The van der Waals surface area contributed by atoms with Crippen molar-refractivity contribution in [3.8, 4) is 5.75 Å². The van der Waals surface area contributed by atoms with E-state index in [0.717, 1.165) is 10.9 Å². The average molecular weight is 270 g/mol. The SMILES string of the molecule is CCOC(=O)/C=C/c1ccc2c(C=O)c(O)ccc2c1. The van der Waals surface area contributed by atoms with Gasteiger partial charge in [0, 0.05) is 6.08 Å². The zero-order valence-electron chi connectivity index (χ0n) is 11.0. The standard InChI is InChI=1S/C16H14O4/c1-2-20-16(19)8-4-11-3-6-13-12(9-11)5-7-15(18)14(13)10-17/h3-10,18H,2H2,1H3/b8-4+. The summed E-state index contributed by atoms with van der Waals surface area (Å²) in [6, 6.07) is 8.54. The van der Waals surface area contributed by atoms with Crippen LogP contribution in [-0.2, 0) is 9.53 Å². The number of hydrogen-bond acceptors (Lipinski definition) is 4. The number of aromatic hydroxyl groups is 1. The van der Waals surface area contributed by atoms with Gasteiger partial charge in [-0.2, -0.15) is 0 Å². The van der Waals surface area contributed by atoms with Crippen LogP contribution in [0.4, 0.5) is 0 Å². The number of benzene rings is 2. The lowest BCUT2D eigenvalue weighted by molar-refractivity contribution is -0.137. The number of phenolic OH excluding ortho intramolecular Hbond substituents is 1. The summed E-state index contributed by atoms with van der Waals surface area (Å²) >= 11 is 0. The highest BCUT2D eigenvalue weighted by Crippen LogP contribution is 2.26. The Kier molecular flexibility index (Phi) is 4.15. The molecule has 4 nitrogen and oxygen atoms in total. The summed E-state index contributed by atoms with van der Waals surface area (Å²) in [4.78, 5) is 22.2.